The summed E-state index contributed by atoms with van der Waals surface area (Å²) in [7, 11) is -3.16. The first-order chi connectivity index (χ1) is 7.05. The average molecular weight is 227 g/mol. The lowest BCUT2D eigenvalue weighted by molar-refractivity contribution is -0.842. The molecule has 0 bridgehead atoms. The van der Waals surface area contributed by atoms with Crippen molar-refractivity contribution in [1.82, 2.24) is 0 Å². The van der Waals surface area contributed by atoms with E-state index < -0.39 is 9.84 Å². The fraction of sp³-hybridized carbons (Fsp3) is 0.200. The Morgan fingerprint density at radius 2 is 1.93 bits per heavy atom. The highest BCUT2D eigenvalue weighted by molar-refractivity contribution is 7.94. The smallest absolute Gasteiger partial charge is 0.176 e. The van der Waals surface area contributed by atoms with Crippen LogP contribution in [0.4, 0.5) is 5.69 Å². The molecule has 0 fully saturated rings. The number of para-hydroxylation sites is 1. The van der Waals surface area contributed by atoms with Crippen molar-refractivity contribution >= 4 is 15.5 Å². The summed E-state index contributed by atoms with van der Waals surface area (Å²) in [4.78, 5) is 0. The Morgan fingerprint density at radius 3 is 2.47 bits per heavy atom. The molecule has 5 heteroatoms. The molecular weight excluding hydrogens is 212 g/mol. The van der Waals surface area contributed by atoms with Gasteiger partial charge in [0.15, 0.2) is 9.84 Å². The minimum Gasteiger partial charge on any atom is -0.227 e. The predicted molar refractivity (Wildman–Crippen MR) is 60.1 cm³/mol. The Kier molecular flexibility index (Phi) is 4.02. The topological polar surface area (TPSA) is 64.6 Å². The van der Waals surface area contributed by atoms with Gasteiger partial charge in [-0.25, -0.2) is 13.4 Å². The Morgan fingerprint density at radius 1 is 1.33 bits per heavy atom. The number of rotatable bonds is 5. The highest BCUT2D eigenvalue weighted by Gasteiger charge is 2.12. The maximum Gasteiger partial charge on any atom is 0.176 e. The Labute approximate surface area is 89.9 Å². The molecule has 1 unspecified atom stereocenters. The minimum atomic E-state index is -3.16. The number of hydrogen-bond donors (Lipinski definition) is 2. The van der Waals surface area contributed by atoms with Gasteiger partial charge in [-0.05, 0) is 0 Å². The lowest BCUT2D eigenvalue weighted by atomic mass is 10.3. The van der Waals surface area contributed by atoms with Crippen LogP contribution in [-0.2, 0) is 9.84 Å². The lowest BCUT2D eigenvalue weighted by Gasteiger charge is -2.11. The van der Waals surface area contributed by atoms with Gasteiger partial charge in [0.25, 0.3) is 0 Å². The molecule has 0 aliphatic carbocycles. The minimum absolute atomic E-state index is 0.0111. The van der Waals surface area contributed by atoms with Crippen LogP contribution in [0.5, 0.6) is 0 Å². The molecule has 0 heterocycles. The number of quaternary nitrogens is 1. The molecule has 0 saturated carbocycles. The Bertz CT molecular complexity index is 414. The predicted octanol–water partition coefficient (Wildman–Crippen LogP) is -0.365. The monoisotopic (exact) mass is 227 g/mol. The van der Waals surface area contributed by atoms with Gasteiger partial charge in [0.1, 0.15) is 18.0 Å². The molecular formula is C10H15N2O2S+. The molecule has 15 heavy (non-hydrogen) atoms. The van der Waals surface area contributed by atoms with Crippen molar-refractivity contribution in [2.75, 3.05) is 12.3 Å². The fourth-order valence-corrected chi connectivity index (χ4v) is 1.80. The highest BCUT2D eigenvalue weighted by Crippen LogP contribution is 1.97. The van der Waals surface area contributed by atoms with Gasteiger partial charge in [0.2, 0.25) is 0 Å². The molecule has 3 N–H and O–H groups in total. The van der Waals surface area contributed by atoms with E-state index in [0.29, 0.717) is 11.6 Å². The zero-order valence-electron chi connectivity index (χ0n) is 8.39. The largest absolute Gasteiger partial charge is 0.227 e. The van der Waals surface area contributed by atoms with E-state index >= 15 is 0 Å². The molecule has 0 aromatic heterocycles. The van der Waals surface area contributed by atoms with E-state index in [2.05, 4.69) is 6.58 Å². The molecule has 0 amide bonds. The summed E-state index contributed by atoms with van der Waals surface area (Å²) in [6.07, 6.45) is 0. The number of nitrogens with two attached hydrogens (primary N) is 1. The standard InChI is InChI=1S/C10H14N2O2S/c1-2-15(13,14)9-8-12(11)10-6-4-3-5-7-10/h2-7H,1,8-9,11H2/p+1. The number of nitrogen functional groups attached to an aromatic ring is 1. The number of nitrogens with one attached hydrogen (secondary N) is 1. The van der Waals surface area contributed by atoms with E-state index in [1.807, 2.05) is 30.3 Å². The third-order valence-corrected chi connectivity index (χ3v) is 3.34. The average Bonchev–Trinajstić information content (AvgIpc) is 2.27. The molecule has 1 atom stereocenters. The molecule has 0 spiro atoms. The second-order valence-electron chi connectivity index (χ2n) is 3.17. The van der Waals surface area contributed by atoms with Gasteiger partial charge in [-0.3, -0.25) is 0 Å². The molecule has 0 aliphatic rings. The van der Waals surface area contributed by atoms with E-state index in [1.165, 1.54) is 0 Å². The van der Waals surface area contributed by atoms with Gasteiger partial charge in [-0.2, -0.15) is 5.84 Å². The van der Waals surface area contributed by atoms with Crippen molar-refractivity contribution < 1.29 is 13.4 Å². The SMILES string of the molecule is C=CS(=O)(=O)CC[NH+](N)c1ccccc1. The number of sulfone groups is 1. The molecule has 82 valence electrons. The van der Waals surface area contributed by atoms with Gasteiger partial charge in [0.05, 0.1) is 0 Å². The van der Waals surface area contributed by atoms with Crippen molar-refractivity contribution in [1.29, 1.82) is 0 Å². The zero-order valence-corrected chi connectivity index (χ0v) is 9.20. The van der Waals surface area contributed by atoms with Gasteiger partial charge in [0, 0.05) is 17.5 Å². The summed E-state index contributed by atoms with van der Waals surface area (Å²) >= 11 is 0. The van der Waals surface area contributed by atoms with Crippen LogP contribution in [0.3, 0.4) is 0 Å². The molecule has 0 saturated heterocycles. The van der Waals surface area contributed by atoms with E-state index in [0.717, 1.165) is 11.1 Å². The van der Waals surface area contributed by atoms with E-state index in [-0.39, 0.29) is 5.75 Å². The maximum absolute atomic E-state index is 11.1. The van der Waals surface area contributed by atoms with Crippen LogP contribution in [0.15, 0.2) is 42.3 Å². The van der Waals surface area contributed by atoms with Crippen LogP contribution >= 0.6 is 0 Å². The van der Waals surface area contributed by atoms with Crippen molar-refractivity contribution in [2.45, 2.75) is 0 Å². The van der Waals surface area contributed by atoms with E-state index in [9.17, 15) is 8.42 Å². The van der Waals surface area contributed by atoms with Crippen LogP contribution in [0.25, 0.3) is 0 Å². The lowest BCUT2D eigenvalue weighted by Crippen LogP contribution is -3.13. The maximum atomic E-state index is 11.1. The van der Waals surface area contributed by atoms with Crippen LogP contribution in [0, 0.1) is 0 Å². The second-order valence-corrected chi connectivity index (χ2v) is 5.24. The van der Waals surface area contributed by atoms with E-state index in [1.54, 1.807) is 0 Å². The summed E-state index contributed by atoms with van der Waals surface area (Å²) < 4.78 is 22.3. The highest BCUT2D eigenvalue weighted by atomic mass is 32.2. The van der Waals surface area contributed by atoms with Gasteiger partial charge < -0.3 is 0 Å². The van der Waals surface area contributed by atoms with Crippen LogP contribution < -0.4 is 10.9 Å². The first kappa shape index (κ1) is 11.9. The molecule has 1 aromatic carbocycles. The van der Waals surface area contributed by atoms with Crippen molar-refractivity contribution in [3.05, 3.63) is 42.3 Å². The first-order valence-corrected chi connectivity index (χ1v) is 6.28. The normalized spacial score (nSPS) is 13.4. The number of hydrogen-bond acceptors (Lipinski definition) is 3. The van der Waals surface area contributed by atoms with Gasteiger partial charge in [-0.15, -0.1) is 0 Å². The van der Waals surface area contributed by atoms with Crippen LogP contribution in [-0.4, -0.2) is 20.7 Å². The summed E-state index contributed by atoms with van der Waals surface area (Å²) in [5, 5.41) is 1.55. The van der Waals surface area contributed by atoms with Crippen molar-refractivity contribution in [3.8, 4) is 0 Å². The first-order valence-electron chi connectivity index (χ1n) is 4.57. The summed E-state index contributed by atoms with van der Waals surface area (Å²) in [6.45, 7) is 3.58. The van der Waals surface area contributed by atoms with E-state index in [4.69, 9.17) is 5.84 Å². The third kappa shape index (κ3) is 3.83. The van der Waals surface area contributed by atoms with Crippen molar-refractivity contribution in [3.63, 3.8) is 0 Å². The Balaban J connectivity index is 2.58. The molecule has 4 nitrogen and oxygen atoms in total. The van der Waals surface area contributed by atoms with Gasteiger partial charge >= 0.3 is 0 Å². The zero-order chi connectivity index (χ0) is 11.3. The Hall–Kier alpha value is -1.17. The summed E-state index contributed by atoms with van der Waals surface area (Å²) in [5.74, 6) is 5.79. The molecule has 1 aromatic rings. The molecule has 0 radical (unpaired) electrons. The van der Waals surface area contributed by atoms with Crippen molar-refractivity contribution in [2.24, 2.45) is 5.84 Å². The number of benzene rings is 1. The summed E-state index contributed by atoms with van der Waals surface area (Å²) in [5.41, 5.74) is 0.872. The molecule has 1 rings (SSSR count). The molecule has 0 aliphatic heterocycles. The fourth-order valence-electron chi connectivity index (χ4n) is 1.13. The third-order valence-electron chi connectivity index (χ3n) is 2.05. The summed E-state index contributed by atoms with van der Waals surface area (Å²) in [6, 6.07) is 9.33. The quantitative estimate of drug-likeness (QED) is 0.533. The van der Waals surface area contributed by atoms with Crippen LogP contribution in [0.2, 0.25) is 0 Å². The second kappa shape index (κ2) is 5.06. The van der Waals surface area contributed by atoms with Gasteiger partial charge in [-0.1, -0.05) is 24.8 Å². The van der Waals surface area contributed by atoms with Crippen LogP contribution in [0.1, 0.15) is 0 Å².